The second kappa shape index (κ2) is 85.3. The summed E-state index contributed by atoms with van der Waals surface area (Å²) in [6.07, 6.45) is 8.90. The summed E-state index contributed by atoms with van der Waals surface area (Å²) >= 11 is 0. The number of hydrogen-bond donors (Lipinski definition) is 0. The molecular weight excluding hydrogens is 1090 g/mol. The van der Waals surface area contributed by atoms with Gasteiger partial charge in [-0.15, -0.1) is 0 Å². The van der Waals surface area contributed by atoms with Gasteiger partial charge >= 0.3 is 12.4 Å². The predicted molar refractivity (Wildman–Crippen MR) is 356 cm³/mol. The average molecular weight is 1250 g/mol. The van der Waals surface area contributed by atoms with E-state index in [2.05, 4.69) is 145 Å². The average Bonchev–Trinajstić information content (AvgIpc) is 3.26. The molecule has 0 N–H and O–H groups in total. The summed E-state index contributed by atoms with van der Waals surface area (Å²) in [5.41, 5.74) is -1.56. The summed E-state index contributed by atoms with van der Waals surface area (Å²) in [4.78, 5) is 0. The van der Waals surface area contributed by atoms with E-state index in [0.717, 1.165) is 84.5 Å². The molecule has 13 heteroatoms. The molecule has 1 atom stereocenters. The van der Waals surface area contributed by atoms with Gasteiger partial charge in [0, 0.05) is 33.0 Å². The Kier molecular flexibility index (Phi) is 120. The van der Waals surface area contributed by atoms with Gasteiger partial charge in [-0.25, -0.2) is 30.7 Å². The minimum atomic E-state index is -4.06. The van der Waals surface area contributed by atoms with Crippen LogP contribution in [0.4, 0.5) is 57.1 Å². The zero-order valence-electron chi connectivity index (χ0n) is 63.9. The minimum Gasteiger partial charge on any atom is -0.248 e. The van der Waals surface area contributed by atoms with Gasteiger partial charge < -0.3 is 0 Å². The highest BCUT2D eigenvalue weighted by molar-refractivity contribution is 4.70. The van der Waals surface area contributed by atoms with Crippen LogP contribution in [0.1, 0.15) is 380 Å². The highest BCUT2D eigenvalue weighted by Gasteiger charge is 2.43. The van der Waals surface area contributed by atoms with Crippen LogP contribution in [0.5, 0.6) is 0 Å². The number of unbranched alkanes of at least 4 members (excludes halogenated alkanes) is 6. The Morgan fingerprint density at radius 1 is 0.337 bits per heavy atom. The van der Waals surface area contributed by atoms with E-state index >= 15 is 0 Å². The van der Waals surface area contributed by atoms with Crippen molar-refractivity contribution in [2.45, 2.75) is 414 Å². The summed E-state index contributed by atoms with van der Waals surface area (Å²) in [5.74, 6) is -4.50. The summed E-state index contributed by atoms with van der Waals surface area (Å²) in [6.45, 7) is 69.2. The summed E-state index contributed by atoms with van der Waals surface area (Å²) in [5, 5.41) is 0. The van der Waals surface area contributed by atoms with Crippen molar-refractivity contribution in [1.29, 1.82) is 0 Å². The van der Waals surface area contributed by atoms with E-state index in [1.807, 2.05) is 27.7 Å². The van der Waals surface area contributed by atoms with E-state index in [9.17, 15) is 57.1 Å². The first-order valence-corrected chi connectivity index (χ1v) is 32.6. The van der Waals surface area contributed by atoms with Crippen molar-refractivity contribution in [3.05, 3.63) is 0 Å². The van der Waals surface area contributed by atoms with Gasteiger partial charge in [0.05, 0.1) is 11.6 Å². The fourth-order valence-corrected chi connectivity index (χ4v) is 2.59. The van der Waals surface area contributed by atoms with Gasteiger partial charge in [0.2, 0.25) is 17.8 Å². The van der Waals surface area contributed by atoms with Crippen molar-refractivity contribution in [3.63, 3.8) is 0 Å². The van der Waals surface area contributed by atoms with Gasteiger partial charge in [0.1, 0.15) is 0 Å². The van der Waals surface area contributed by atoms with Gasteiger partial charge in [0.15, 0.2) is 0 Å². The topological polar surface area (TPSA) is 0 Å². The van der Waals surface area contributed by atoms with E-state index in [1.54, 1.807) is 20.8 Å². The first-order valence-electron chi connectivity index (χ1n) is 33.1. The third kappa shape index (κ3) is 300. The molecule has 0 amide bonds. The molecule has 0 bridgehead atoms. The van der Waals surface area contributed by atoms with Crippen molar-refractivity contribution in [1.82, 2.24) is 0 Å². The van der Waals surface area contributed by atoms with E-state index in [-0.39, 0.29) is 31.6 Å². The molecule has 1 unspecified atom stereocenters. The Labute approximate surface area is 518 Å². The van der Waals surface area contributed by atoms with Crippen LogP contribution >= 0.6 is 0 Å². The van der Waals surface area contributed by atoms with Gasteiger partial charge in [-0.1, -0.05) is 325 Å². The van der Waals surface area contributed by atoms with Crippen LogP contribution in [0.15, 0.2) is 0 Å². The van der Waals surface area contributed by atoms with Gasteiger partial charge in [-0.2, -0.15) is 26.3 Å². The zero-order valence-corrected chi connectivity index (χ0v) is 62.9. The largest absolute Gasteiger partial charge is 0.393 e. The third-order valence-corrected chi connectivity index (χ3v) is 8.36. The monoisotopic (exact) mass is 1250 g/mol. The lowest BCUT2D eigenvalue weighted by molar-refractivity contribution is -0.204. The smallest absolute Gasteiger partial charge is 0.248 e. The maximum absolute atomic E-state index is 11.9. The molecule has 0 aliphatic rings. The normalized spacial score (nSPS) is 11.3. The predicted octanol–water partition coefficient (Wildman–Crippen LogP) is 31.6. The van der Waals surface area contributed by atoms with Crippen LogP contribution in [-0.4, -0.2) is 36.3 Å². The fraction of sp³-hybridized carbons (Fsp3) is 1.00. The number of alkyl halides is 13. The molecule has 83 heavy (non-hydrogen) atoms. The van der Waals surface area contributed by atoms with Gasteiger partial charge in [0.25, 0.3) is 0 Å². The highest BCUT2D eigenvalue weighted by atomic mass is 19.4. The second-order valence-corrected chi connectivity index (χ2v) is 25.6. The molecule has 0 radical (unpaired) electrons. The van der Waals surface area contributed by atoms with Gasteiger partial charge in [-0.05, 0) is 62.7 Å². The third-order valence-electron chi connectivity index (χ3n) is 8.36. The molecule has 0 saturated carbocycles. The number of hydrogen-bond acceptors (Lipinski definition) is 0. The van der Waals surface area contributed by atoms with Crippen LogP contribution in [0.25, 0.3) is 0 Å². The quantitative estimate of drug-likeness (QED) is 0.135. The van der Waals surface area contributed by atoms with Crippen molar-refractivity contribution in [3.8, 4) is 0 Å². The molecule has 0 aliphatic heterocycles. The molecule has 0 saturated heterocycles. The van der Waals surface area contributed by atoms with Crippen LogP contribution in [0.2, 0.25) is 0 Å². The lowest BCUT2D eigenvalue weighted by Crippen LogP contribution is -2.28. The minimum absolute atomic E-state index is 0.00694. The first-order chi connectivity index (χ1) is 37.2. The maximum Gasteiger partial charge on any atom is 0.393 e. The van der Waals surface area contributed by atoms with Crippen LogP contribution in [0.3, 0.4) is 0 Å². The number of halogens is 13. The van der Waals surface area contributed by atoms with Crippen molar-refractivity contribution in [2.24, 2.45) is 46.8 Å². The molecule has 0 fully saturated rings. The molecule has 0 aromatic carbocycles. The van der Waals surface area contributed by atoms with E-state index in [0.29, 0.717) is 19.3 Å². The van der Waals surface area contributed by atoms with Crippen molar-refractivity contribution < 1.29 is 58.4 Å². The molecule has 0 rings (SSSR count). The standard InChI is InChI=1S/C5H9F3.3C5H10F2.C5H11F.5C5H12.C4H7F3.4C4H10/c1-4(2,3)5(6,7)8;2*1-3-4-5(2,6)7;1-3-5(6,7)4-2;1-3-4-5(2)6;2*1-4-5(2)3;3*1-3-5-4-2;1-3(2)4(5,6)7;4*1-4(2)3/h1-3H3;3*3-4H2,1-2H3;5H,3-4H2,1-2H3;2*5H,4H2,1-3H3;3*3-5H2,1-2H3;3H,1-2H3;4*4H,1-3H3/i;;;;;;;;;;;4D;;;. The van der Waals surface area contributed by atoms with Crippen molar-refractivity contribution >= 4 is 0 Å². The molecule has 0 aliphatic carbocycles. The van der Waals surface area contributed by atoms with E-state index < -0.39 is 47.6 Å². The Balaban J connectivity index is -0.0000000469. The number of rotatable bonds is 16. The van der Waals surface area contributed by atoms with E-state index in [4.69, 9.17) is 1.37 Å². The molecule has 0 aromatic rings. The Morgan fingerprint density at radius 2 is 0.494 bits per heavy atom. The van der Waals surface area contributed by atoms with Gasteiger partial charge in [-0.3, -0.25) is 0 Å². The molecule has 0 aromatic heterocycles. The lowest BCUT2D eigenvalue weighted by Gasteiger charge is -2.21. The van der Waals surface area contributed by atoms with Crippen LogP contribution in [-0.2, 0) is 0 Å². The lowest BCUT2D eigenvalue weighted by atomic mass is 9.96. The second-order valence-electron chi connectivity index (χ2n) is 25.6. The first kappa shape index (κ1) is 116. The maximum atomic E-state index is 11.9. The van der Waals surface area contributed by atoms with E-state index in [1.165, 1.54) is 84.5 Å². The Morgan fingerprint density at radius 3 is 0.494 bits per heavy atom. The van der Waals surface area contributed by atoms with Crippen LogP contribution < -0.4 is 0 Å². The summed E-state index contributed by atoms with van der Waals surface area (Å²) < 4.78 is 158. The molecule has 0 nitrogen and oxygen atoms in total. The summed E-state index contributed by atoms with van der Waals surface area (Å²) in [6, 6.07) is 0. The molecule has 0 spiro atoms. The summed E-state index contributed by atoms with van der Waals surface area (Å²) in [7, 11) is 0. The Hall–Kier alpha value is -0.910. The van der Waals surface area contributed by atoms with Crippen LogP contribution in [0, 0.1) is 46.8 Å². The Bertz CT molecular complexity index is 933. The van der Waals surface area contributed by atoms with Crippen molar-refractivity contribution in [2.75, 3.05) is 0 Å². The highest BCUT2D eigenvalue weighted by Crippen LogP contribution is 2.36. The molecule has 528 valence electrons. The zero-order chi connectivity index (χ0) is 72.0. The molecule has 0 heterocycles. The fourth-order valence-electron chi connectivity index (χ4n) is 2.59. The molecular formula is C70H157F13. The SMILES string of the molecule is CC(C)(C)C(F)(F)F.CC(C)C.CC(C)C.CC(C)C.CC(C)C(F)(F)F.CCC(C)C.CCC(C)C.CCC(F)(F)CC.CCCC(C)(F)F.CCCC(C)(F)F.CCCC(C)F.CCCCC.CCCCC.CCCCC.[2H]C(C)(C)C.